The third-order valence-electron chi connectivity index (χ3n) is 3.28. The Labute approximate surface area is 132 Å². The lowest BCUT2D eigenvalue weighted by Gasteiger charge is -2.38. The first-order valence-corrected chi connectivity index (χ1v) is 7.05. The number of carbonyl (C=O) groups excluding carboxylic acids is 1. The van der Waals surface area contributed by atoms with Crippen LogP contribution in [-0.2, 0) is 17.5 Å². The van der Waals surface area contributed by atoms with E-state index in [1.807, 2.05) is 0 Å². The minimum absolute atomic E-state index is 0.0516. The third kappa shape index (κ3) is 3.74. The SMILES string of the molecule is CN(C)C1CN(C(=O)OC(C)(C)C)Cc2nnc(C(F)(F)F)n21. The smallest absolute Gasteiger partial charge is 0.444 e. The van der Waals surface area contributed by atoms with E-state index in [9.17, 15) is 18.0 Å². The molecule has 1 unspecified atom stereocenters. The number of alkyl halides is 3. The van der Waals surface area contributed by atoms with Crippen molar-refractivity contribution in [1.82, 2.24) is 24.6 Å². The van der Waals surface area contributed by atoms with Crippen molar-refractivity contribution in [1.29, 1.82) is 0 Å². The molecule has 7 nitrogen and oxygen atoms in total. The summed E-state index contributed by atoms with van der Waals surface area (Å²) in [5, 5.41) is 6.85. The van der Waals surface area contributed by atoms with E-state index in [-0.39, 0.29) is 18.9 Å². The highest BCUT2D eigenvalue weighted by Gasteiger charge is 2.43. The molecule has 0 saturated carbocycles. The van der Waals surface area contributed by atoms with Crippen molar-refractivity contribution in [3.8, 4) is 0 Å². The molecule has 1 amide bonds. The molecule has 0 radical (unpaired) electrons. The fourth-order valence-electron chi connectivity index (χ4n) is 2.31. The highest BCUT2D eigenvalue weighted by Crippen LogP contribution is 2.33. The van der Waals surface area contributed by atoms with Crippen LogP contribution in [0.4, 0.5) is 18.0 Å². The van der Waals surface area contributed by atoms with Crippen LogP contribution >= 0.6 is 0 Å². The summed E-state index contributed by atoms with van der Waals surface area (Å²) >= 11 is 0. The van der Waals surface area contributed by atoms with Crippen LogP contribution in [0.5, 0.6) is 0 Å². The zero-order valence-electron chi connectivity index (χ0n) is 13.7. The Hall–Kier alpha value is -1.84. The second-order valence-electron chi connectivity index (χ2n) is 6.61. The van der Waals surface area contributed by atoms with Crippen molar-refractivity contribution >= 4 is 6.09 Å². The van der Waals surface area contributed by atoms with Gasteiger partial charge in [-0.15, -0.1) is 10.2 Å². The third-order valence-corrected chi connectivity index (χ3v) is 3.28. The number of ether oxygens (including phenoxy) is 1. The zero-order chi connectivity index (χ0) is 17.6. The molecule has 1 aromatic heterocycles. The number of amides is 1. The molecule has 130 valence electrons. The largest absolute Gasteiger partial charge is 0.451 e. The van der Waals surface area contributed by atoms with E-state index in [2.05, 4.69) is 10.2 Å². The van der Waals surface area contributed by atoms with Gasteiger partial charge in [0.15, 0.2) is 5.82 Å². The molecule has 1 aliphatic rings. The Balaban J connectivity index is 2.34. The number of halogens is 3. The molecule has 1 atom stereocenters. The fourth-order valence-corrected chi connectivity index (χ4v) is 2.31. The van der Waals surface area contributed by atoms with Gasteiger partial charge < -0.3 is 4.74 Å². The maximum atomic E-state index is 13.1. The van der Waals surface area contributed by atoms with Gasteiger partial charge in [0.05, 0.1) is 13.1 Å². The van der Waals surface area contributed by atoms with Crippen LogP contribution in [-0.4, -0.2) is 56.9 Å². The van der Waals surface area contributed by atoms with E-state index in [1.54, 1.807) is 39.8 Å². The van der Waals surface area contributed by atoms with Gasteiger partial charge in [0.25, 0.3) is 0 Å². The van der Waals surface area contributed by atoms with Gasteiger partial charge >= 0.3 is 12.3 Å². The zero-order valence-corrected chi connectivity index (χ0v) is 13.7. The van der Waals surface area contributed by atoms with Crippen LogP contribution in [0.3, 0.4) is 0 Å². The average molecular weight is 335 g/mol. The van der Waals surface area contributed by atoms with E-state index >= 15 is 0 Å². The quantitative estimate of drug-likeness (QED) is 0.786. The molecule has 2 rings (SSSR count). The summed E-state index contributed by atoms with van der Waals surface area (Å²) in [5.41, 5.74) is -0.688. The number of fused-ring (bicyclic) bond motifs is 1. The second kappa shape index (κ2) is 5.66. The van der Waals surface area contributed by atoms with Crippen LogP contribution in [0.1, 0.15) is 38.6 Å². The lowest BCUT2D eigenvalue weighted by atomic mass is 10.2. The van der Waals surface area contributed by atoms with E-state index in [0.717, 1.165) is 4.57 Å². The Bertz CT molecular complexity index is 591. The summed E-state index contributed by atoms with van der Waals surface area (Å²) in [6, 6.07) is 0. The highest BCUT2D eigenvalue weighted by molar-refractivity contribution is 5.68. The summed E-state index contributed by atoms with van der Waals surface area (Å²) in [6.07, 6.45) is -5.92. The van der Waals surface area contributed by atoms with Crippen molar-refractivity contribution in [2.24, 2.45) is 0 Å². The first-order chi connectivity index (χ1) is 10.4. The number of carbonyl (C=O) groups is 1. The average Bonchev–Trinajstić information content (AvgIpc) is 2.78. The summed E-state index contributed by atoms with van der Waals surface area (Å²) in [6.45, 7) is 5.14. The van der Waals surface area contributed by atoms with E-state index in [1.165, 1.54) is 4.90 Å². The molecule has 0 aliphatic carbocycles. The number of likely N-dealkylation sites (N-methyl/N-ethyl adjacent to an activating group) is 1. The molecule has 0 bridgehead atoms. The van der Waals surface area contributed by atoms with Gasteiger partial charge in [-0.3, -0.25) is 14.4 Å². The Kier molecular flexibility index (Phi) is 4.31. The molecule has 10 heteroatoms. The van der Waals surface area contributed by atoms with E-state index in [0.29, 0.717) is 0 Å². The summed E-state index contributed by atoms with van der Waals surface area (Å²) in [5.74, 6) is -0.983. The van der Waals surface area contributed by atoms with Gasteiger partial charge in [0.2, 0.25) is 5.82 Å². The van der Waals surface area contributed by atoms with Gasteiger partial charge in [-0.05, 0) is 34.9 Å². The van der Waals surface area contributed by atoms with Crippen molar-refractivity contribution < 1.29 is 22.7 Å². The van der Waals surface area contributed by atoms with Crippen LogP contribution in [0.2, 0.25) is 0 Å². The number of hydrogen-bond acceptors (Lipinski definition) is 5. The molecule has 23 heavy (non-hydrogen) atoms. The second-order valence-corrected chi connectivity index (χ2v) is 6.61. The lowest BCUT2D eigenvalue weighted by molar-refractivity contribution is -0.150. The molecule has 1 aliphatic heterocycles. The molecular formula is C13H20F3N5O2. The molecule has 0 aromatic carbocycles. The van der Waals surface area contributed by atoms with Crippen molar-refractivity contribution in [2.75, 3.05) is 20.6 Å². The minimum atomic E-state index is -4.60. The first-order valence-electron chi connectivity index (χ1n) is 7.05. The van der Waals surface area contributed by atoms with E-state index < -0.39 is 29.9 Å². The Morgan fingerprint density at radius 2 is 1.87 bits per heavy atom. The Morgan fingerprint density at radius 3 is 2.35 bits per heavy atom. The molecule has 2 heterocycles. The van der Waals surface area contributed by atoms with Gasteiger partial charge in [-0.1, -0.05) is 0 Å². The number of aromatic nitrogens is 3. The maximum absolute atomic E-state index is 13.1. The molecule has 0 N–H and O–H groups in total. The predicted molar refractivity (Wildman–Crippen MR) is 74.4 cm³/mol. The highest BCUT2D eigenvalue weighted by atomic mass is 19.4. The number of rotatable bonds is 1. The van der Waals surface area contributed by atoms with Gasteiger partial charge in [-0.2, -0.15) is 13.2 Å². The number of hydrogen-bond donors (Lipinski definition) is 0. The van der Waals surface area contributed by atoms with Crippen LogP contribution in [0.15, 0.2) is 0 Å². The van der Waals surface area contributed by atoms with Gasteiger partial charge in [0.1, 0.15) is 11.8 Å². The molecule has 0 saturated heterocycles. The van der Waals surface area contributed by atoms with Crippen molar-refractivity contribution in [3.63, 3.8) is 0 Å². The van der Waals surface area contributed by atoms with E-state index in [4.69, 9.17) is 4.74 Å². The number of nitrogens with zero attached hydrogens (tertiary/aromatic N) is 5. The predicted octanol–water partition coefficient (Wildman–Crippen LogP) is 2.11. The van der Waals surface area contributed by atoms with Crippen LogP contribution in [0, 0.1) is 0 Å². The van der Waals surface area contributed by atoms with Crippen molar-refractivity contribution in [2.45, 2.75) is 45.3 Å². The summed E-state index contributed by atoms with van der Waals surface area (Å²) in [7, 11) is 3.26. The monoisotopic (exact) mass is 335 g/mol. The summed E-state index contributed by atoms with van der Waals surface area (Å²) < 4.78 is 45.5. The standard InChI is InChI=1S/C13H20F3N5O2/c1-12(2,3)23-11(22)20-6-8-17-18-10(13(14,15)16)21(8)9(7-20)19(4)5/h9H,6-7H2,1-5H3. The van der Waals surface area contributed by atoms with Crippen molar-refractivity contribution in [3.05, 3.63) is 11.6 Å². The normalized spacial score (nSPS) is 19.0. The van der Waals surface area contributed by atoms with Gasteiger partial charge in [-0.25, -0.2) is 4.79 Å². The minimum Gasteiger partial charge on any atom is -0.444 e. The molecule has 0 fully saturated rings. The first kappa shape index (κ1) is 17.5. The Morgan fingerprint density at radius 1 is 1.26 bits per heavy atom. The molecule has 0 spiro atoms. The summed E-state index contributed by atoms with van der Waals surface area (Å²) in [4.78, 5) is 15.1. The van der Waals surface area contributed by atoms with Crippen LogP contribution in [0.25, 0.3) is 0 Å². The molecular weight excluding hydrogens is 315 g/mol. The van der Waals surface area contributed by atoms with Gasteiger partial charge in [0, 0.05) is 0 Å². The lowest BCUT2D eigenvalue weighted by Crippen LogP contribution is -2.48. The maximum Gasteiger partial charge on any atom is 0.451 e. The van der Waals surface area contributed by atoms with Crippen LogP contribution < -0.4 is 0 Å². The molecule has 1 aromatic rings. The fraction of sp³-hybridized carbons (Fsp3) is 0.769. The topological polar surface area (TPSA) is 63.5 Å².